The number of alkyl halides is 1. The summed E-state index contributed by atoms with van der Waals surface area (Å²) in [6.07, 6.45) is 0.355. The van der Waals surface area contributed by atoms with Crippen LogP contribution in [0.1, 0.15) is 20.8 Å². The van der Waals surface area contributed by atoms with Crippen LogP contribution in [0.3, 0.4) is 0 Å². The van der Waals surface area contributed by atoms with E-state index in [-0.39, 0.29) is 12.1 Å². The van der Waals surface area contributed by atoms with E-state index in [1.807, 2.05) is 0 Å². The van der Waals surface area contributed by atoms with Crippen LogP contribution < -0.4 is 0 Å². The fraction of sp³-hybridized carbons (Fsp3) is 1.00. The summed E-state index contributed by atoms with van der Waals surface area (Å²) in [7, 11) is -2.94. The summed E-state index contributed by atoms with van der Waals surface area (Å²) in [5.41, 5.74) is -0.0102. The summed E-state index contributed by atoms with van der Waals surface area (Å²) in [6, 6.07) is 0. The number of halogens is 1. The molecule has 0 aliphatic carbocycles. The van der Waals surface area contributed by atoms with Crippen molar-refractivity contribution in [2.45, 2.75) is 26.3 Å². The van der Waals surface area contributed by atoms with Gasteiger partial charge in [0.2, 0.25) is 0 Å². The average Bonchev–Trinajstić information content (AvgIpc) is 2.14. The van der Waals surface area contributed by atoms with E-state index in [2.05, 4.69) is 25.7 Å². The molecule has 1 fully saturated rings. The minimum Gasteiger partial charge on any atom is -0.306 e. The third-order valence-corrected chi connectivity index (χ3v) is 4.30. The quantitative estimate of drug-likeness (QED) is 0.574. The Balaban J connectivity index is 2.59. The largest absolute Gasteiger partial charge is 0.344 e. The molecule has 1 aliphatic rings. The van der Waals surface area contributed by atoms with Crippen molar-refractivity contribution in [1.29, 1.82) is 0 Å². The zero-order valence-corrected chi connectivity index (χ0v) is 11.2. The Morgan fingerprint density at radius 3 is 2.73 bits per heavy atom. The minimum atomic E-state index is -2.94. The van der Waals surface area contributed by atoms with E-state index in [0.29, 0.717) is 18.8 Å². The summed E-state index contributed by atoms with van der Waals surface area (Å²) in [5.74, 6) is 0.336. The highest BCUT2D eigenvalue weighted by Gasteiger charge is 2.36. The molecule has 15 heavy (non-hydrogen) atoms. The van der Waals surface area contributed by atoms with Crippen molar-refractivity contribution in [2.24, 2.45) is 0 Å². The summed E-state index contributed by atoms with van der Waals surface area (Å²) < 4.78 is 22.5. The van der Waals surface area contributed by atoms with Crippen molar-refractivity contribution in [3.63, 3.8) is 0 Å². The van der Waals surface area contributed by atoms with Crippen molar-refractivity contribution in [3.05, 3.63) is 0 Å². The topological polar surface area (TPSA) is 38.8 Å². The molecule has 90 valence electrons. The van der Waals surface area contributed by atoms with Gasteiger partial charge in [0.15, 0.2) is 0 Å². The first-order chi connectivity index (χ1) is 6.87. The molecule has 0 aromatic carbocycles. The van der Waals surface area contributed by atoms with Gasteiger partial charge in [0.1, 0.15) is 6.29 Å². The number of nitrogens with zero attached hydrogens (tertiary/aromatic N) is 1. The normalized spacial score (nSPS) is 29.3. The van der Waals surface area contributed by atoms with E-state index in [1.165, 1.54) is 0 Å². The average molecular weight is 256 g/mol. The molecule has 1 unspecified atom stereocenters. The van der Waals surface area contributed by atoms with Crippen molar-refractivity contribution in [2.75, 3.05) is 31.9 Å². The first-order valence-corrected chi connectivity index (χ1v) is 7.33. The minimum absolute atomic E-state index is 0.0102. The standard InChI is InChI=1S/C9H19ClNO3P/c1-9(2,3)11-5-7-14-15(12,8-11)13-6-4-10/h4-8H2,1-3H3. The summed E-state index contributed by atoms with van der Waals surface area (Å²) in [4.78, 5) is 2.12. The molecule has 0 bridgehead atoms. The maximum Gasteiger partial charge on any atom is 0.344 e. The molecular formula is C9H19ClNO3P. The van der Waals surface area contributed by atoms with Crippen LogP contribution in [-0.4, -0.2) is 42.4 Å². The van der Waals surface area contributed by atoms with Crippen molar-refractivity contribution >= 4 is 19.2 Å². The zero-order valence-electron chi connectivity index (χ0n) is 9.53. The summed E-state index contributed by atoms with van der Waals surface area (Å²) >= 11 is 5.49. The van der Waals surface area contributed by atoms with E-state index in [4.69, 9.17) is 20.6 Å². The first-order valence-electron chi connectivity index (χ1n) is 5.06. The van der Waals surface area contributed by atoms with E-state index in [1.54, 1.807) is 0 Å². The lowest BCUT2D eigenvalue weighted by atomic mass is 10.1. The molecule has 1 atom stereocenters. The Kier molecular flexibility index (Phi) is 4.63. The van der Waals surface area contributed by atoms with Crippen molar-refractivity contribution < 1.29 is 13.6 Å². The second kappa shape index (κ2) is 5.15. The molecule has 0 aromatic heterocycles. The van der Waals surface area contributed by atoms with Crippen molar-refractivity contribution in [1.82, 2.24) is 4.90 Å². The van der Waals surface area contributed by atoms with Gasteiger partial charge < -0.3 is 9.05 Å². The number of rotatable bonds is 3. The lowest BCUT2D eigenvalue weighted by molar-refractivity contribution is 0.0786. The van der Waals surface area contributed by atoms with Crippen LogP contribution in [-0.2, 0) is 13.6 Å². The highest BCUT2D eigenvalue weighted by Crippen LogP contribution is 2.51. The van der Waals surface area contributed by atoms with Gasteiger partial charge in [-0.1, -0.05) is 0 Å². The predicted octanol–water partition coefficient (Wildman–Crippen LogP) is 2.52. The summed E-state index contributed by atoms with van der Waals surface area (Å²) in [6.45, 7) is 7.78. The number of hydrogen-bond donors (Lipinski definition) is 0. The molecule has 6 heteroatoms. The van der Waals surface area contributed by atoms with Gasteiger partial charge in [-0.25, -0.2) is 0 Å². The van der Waals surface area contributed by atoms with E-state index >= 15 is 0 Å². The van der Waals surface area contributed by atoms with Gasteiger partial charge in [-0.05, 0) is 20.8 Å². The Hall–Kier alpha value is 0.400. The van der Waals surface area contributed by atoms with Crippen LogP contribution in [0.4, 0.5) is 0 Å². The predicted molar refractivity (Wildman–Crippen MR) is 61.6 cm³/mol. The van der Waals surface area contributed by atoms with Crippen LogP contribution in [0.5, 0.6) is 0 Å². The Bertz CT molecular complexity index is 254. The van der Waals surface area contributed by atoms with E-state index < -0.39 is 7.60 Å². The fourth-order valence-corrected chi connectivity index (χ4v) is 3.55. The molecule has 1 rings (SSSR count). The van der Waals surface area contributed by atoms with Gasteiger partial charge in [0.25, 0.3) is 0 Å². The lowest BCUT2D eigenvalue weighted by Crippen LogP contribution is -2.46. The third-order valence-electron chi connectivity index (χ3n) is 2.31. The van der Waals surface area contributed by atoms with Crippen LogP contribution >= 0.6 is 19.2 Å². The van der Waals surface area contributed by atoms with Crippen LogP contribution in [0.15, 0.2) is 0 Å². The first kappa shape index (κ1) is 13.5. The second-order valence-corrected chi connectivity index (χ2v) is 6.94. The van der Waals surface area contributed by atoms with Gasteiger partial charge in [-0.3, -0.25) is 9.46 Å². The van der Waals surface area contributed by atoms with Crippen molar-refractivity contribution in [3.8, 4) is 0 Å². The third kappa shape index (κ3) is 4.04. The lowest BCUT2D eigenvalue weighted by Gasteiger charge is -2.40. The molecule has 1 saturated heterocycles. The maximum absolute atomic E-state index is 12.1. The number of hydrogen-bond acceptors (Lipinski definition) is 4. The SMILES string of the molecule is CC(C)(C)N1CCOP(=O)(OCCCl)C1. The van der Waals surface area contributed by atoms with Gasteiger partial charge in [-0.2, -0.15) is 0 Å². The molecule has 0 amide bonds. The highest BCUT2D eigenvalue weighted by molar-refractivity contribution is 7.53. The zero-order chi connectivity index (χ0) is 11.5. The monoisotopic (exact) mass is 255 g/mol. The van der Waals surface area contributed by atoms with Gasteiger partial charge >= 0.3 is 7.60 Å². The molecule has 0 spiro atoms. The second-order valence-electron chi connectivity index (χ2n) is 4.54. The van der Waals surface area contributed by atoms with Crippen LogP contribution in [0.25, 0.3) is 0 Å². The maximum atomic E-state index is 12.1. The van der Waals surface area contributed by atoms with Gasteiger partial charge in [0, 0.05) is 18.0 Å². The molecule has 0 saturated carbocycles. The fourth-order valence-electron chi connectivity index (χ4n) is 1.41. The summed E-state index contributed by atoms with van der Waals surface area (Å²) in [5, 5.41) is 0. The molecule has 0 aromatic rings. The van der Waals surface area contributed by atoms with Gasteiger partial charge in [0.05, 0.1) is 13.2 Å². The Morgan fingerprint density at radius 1 is 1.53 bits per heavy atom. The molecular weight excluding hydrogens is 237 g/mol. The molecule has 0 N–H and O–H groups in total. The smallest absolute Gasteiger partial charge is 0.306 e. The van der Waals surface area contributed by atoms with E-state index in [9.17, 15) is 4.57 Å². The molecule has 1 aliphatic heterocycles. The molecule has 0 radical (unpaired) electrons. The Labute approximate surface area is 96.4 Å². The van der Waals surface area contributed by atoms with Crippen LogP contribution in [0.2, 0.25) is 0 Å². The molecule has 1 heterocycles. The highest BCUT2D eigenvalue weighted by atomic mass is 35.5. The van der Waals surface area contributed by atoms with E-state index in [0.717, 1.165) is 6.54 Å². The van der Waals surface area contributed by atoms with Crippen LogP contribution in [0, 0.1) is 0 Å². The molecule has 4 nitrogen and oxygen atoms in total. The Morgan fingerprint density at radius 2 is 2.20 bits per heavy atom. The van der Waals surface area contributed by atoms with Gasteiger partial charge in [-0.15, -0.1) is 11.6 Å².